The summed E-state index contributed by atoms with van der Waals surface area (Å²) in [6.45, 7) is 6.26. The van der Waals surface area contributed by atoms with Crippen LogP contribution in [0.5, 0.6) is 17.2 Å². The first-order valence-corrected chi connectivity index (χ1v) is 12.7. The fourth-order valence-corrected chi connectivity index (χ4v) is 5.10. The van der Waals surface area contributed by atoms with E-state index in [1.807, 2.05) is 42.5 Å². The van der Waals surface area contributed by atoms with Gasteiger partial charge in [0.1, 0.15) is 22.8 Å². The van der Waals surface area contributed by atoms with Crippen molar-refractivity contribution in [3.63, 3.8) is 0 Å². The van der Waals surface area contributed by atoms with Gasteiger partial charge >= 0.3 is 0 Å². The molecule has 1 aromatic heterocycles. The molecule has 0 saturated carbocycles. The van der Waals surface area contributed by atoms with Crippen LogP contribution in [0.15, 0.2) is 47.0 Å². The molecule has 9 heteroatoms. The number of fused-ring (bicyclic) bond motifs is 1. The van der Waals surface area contributed by atoms with Gasteiger partial charge in [-0.2, -0.15) is 4.98 Å². The maximum absolute atomic E-state index is 13.3. The molecule has 1 saturated heterocycles. The van der Waals surface area contributed by atoms with Gasteiger partial charge in [0.05, 0.1) is 26.8 Å². The third kappa shape index (κ3) is 5.72. The van der Waals surface area contributed by atoms with Crippen LogP contribution in [0.25, 0.3) is 11.4 Å². The summed E-state index contributed by atoms with van der Waals surface area (Å²) < 4.78 is 22.2. The molecule has 2 aliphatic rings. The van der Waals surface area contributed by atoms with E-state index in [0.717, 1.165) is 54.3 Å². The van der Waals surface area contributed by atoms with Crippen LogP contribution in [0.3, 0.4) is 0 Å². The lowest BCUT2D eigenvalue weighted by molar-refractivity contribution is -0.127. The number of hydrogen-bond acceptors (Lipinski definition) is 8. The molecule has 9 nitrogen and oxygen atoms in total. The molecule has 3 heterocycles. The summed E-state index contributed by atoms with van der Waals surface area (Å²) in [4.78, 5) is 20.1. The van der Waals surface area contributed by atoms with Crippen molar-refractivity contribution < 1.29 is 23.5 Å². The van der Waals surface area contributed by atoms with Gasteiger partial charge in [-0.15, -0.1) is 0 Å². The van der Waals surface area contributed by atoms with Crippen LogP contribution in [0.4, 0.5) is 0 Å². The minimum Gasteiger partial charge on any atom is -0.497 e. The molecule has 1 atom stereocenters. The molecule has 1 fully saturated rings. The average Bonchev–Trinajstić information content (AvgIpc) is 3.36. The Balaban J connectivity index is 1.16. The van der Waals surface area contributed by atoms with E-state index in [1.54, 1.807) is 14.2 Å². The van der Waals surface area contributed by atoms with Crippen molar-refractivity contribution >= 4 is 5.91 Å². The second-order valence-electron chi connectivity index (χ2n) is 10.3. The number of carbonyl (C=O) groups excluding carboxylic acids is 1. The van der Waals surface area contributed by atoms with E-state index in [9.17, 15) is 4.79 Å². The molecular weight excluding hydrogens is 472 g/mol. The van der Waals surface area contributed by atoms with Gasteiger partial charge in [-0.3, -0.25) is 9.69 Å². The summed E-state index contributed by atoms with van der Waals surface area (Å²) >= 11 is 0. The number of nitrogens with zero attached hydrogens (tertiary/aromatic N) is 3. The standard InChI is InChI=1S/C28H34N4O5/c1-28(2)16-23(22-15-21(35-4)9-10-24(22)36-28)29-27(33)19-11-13-32(14-12-19)17-25-30-26(31-37-25)18-5-7-20(34-3)8-6-18/h5-10,15,19,23H,11-14,16-17H2,1-4H3,(H,29,33). The Morgan fingerprint density at radius 1 is 1.08 bits per heavy atom. The molecule has 0 spiro atoms. The Morgan fingerprint density at radius 2 is 1.78 bits per heavy atom. The minimum atomic E-state index is -0.363. The van der Waals surface area contributed by atoms with Gasteiger partial charge in [-0.05, 0) is 82.2 Å². The van der Waals surface area contributed by atoms with Crippen LogP contribution >= 0.6 is 0 Å². The molecule has 196 valence electrons. The second-order valence-corrected chi connectivity index (χ2v) is 10.3. The molecule has 0 radical (unpaired) electrons. The van der Waals surface area contributed by atoms with Crippen molar-refractivity contribution in [3.8, 4) is 28.6 Å². The van der Waals surface area contributed by atoms with E-state index in [1.165, 1.54) is 0 Å². The third-order valence-electron chi connectivity index (χ3n) is 7.12. The van der Waals surface area contributed by atoms with E-state index in [4.69, 9.17) is 18.7 Å². The minimum absolute atomic E-state index is 0.0335. The fourth-order valence-electron chi connectivity index (χ4n) is 5.10. The zero-order valence-electron chi connectivity index (χ0n) is 21.8. The number of likely N-dealkylation sites (tertiary alicyclic amines) is 1. The Morgan fingerprint density at radius 3 is 2.49 bits per heavy atom. The quantitative estimate of drug-likeness (QED) is 0.504. The summed E-state index contributed by atoms with van der Waals surface area (Å²) in [6, 6.07) is 13.2. The largest absolute Gasteiger partial charge is 0.497 e. The van der Waals surface area contributed by atoms with E-state index >= 15 is 0 Å². The molecule has 5 rings (SSSR count). The Hall–Kier alpha value is -3.59. The number of nitrogens with one attached hydrogen (secondary N) is 1. The highest BCUT2D eigenvalue weighted by Gasteiger charge is 2.36. The first kappa shape index (κ1) is 25.1. The molecule has 1 N–H and O–H groups in total. The molecule has 1 unspecified atom stereocenters. The maximum atomic E-state index is 13.3. The van der Waals surface area contributed by atoms with Gasteiger partial charge in [-0.25, -0.2) is 0 Å². The Bertz CT molecular complexity index is 1230. The number of hydrogen-bond donors (Lipinski definition) is 1. The van der Waals surface area contributed by atoms with Crippen LogP contribution in [0.2, 0.25) is 0 Å². The predicted molar refractivity (Wildman–Crippen MR) is 137 cm³/mol. The van der Waals surface area contributed by atoms with Crippen molar-refractivity contribution in [1.82, 2.24) is 20.4 Å². The first-order chi connectivity index (χ1) is 17.8. The van der Waals surface area contributed by atoms with Gasteiger partial charge in [0.15, 0.2) is 0 Å². The summed E-state index contributed by atoms with van der Waals surface area (Å²) in [5.74, 6) is 3.52. The Kier molecular flexibility index (Phi) is 7.06. The van der Waals surface area contributed by atoms with Crippen molar-refractivity contribution in [2.75, 3.05) is 27.3 Å². The smallest absolute Gasteiger partial charge is 0.241 e. The van der Waals surface area contributed by atoms with Gasteiger partial charge in [-0.1, -0.05) is 5.16 Å². The van der Waals surface area contributed by atoms with Gasteiger partial charge in [0.2, 0.25) is 17.6 Å². The summed E-state index contributed by atoms with van der Waals surface area (Å²) in [6.07, 6.45) is 2.26. The number of carbonyl (C=O) groups is 1. The molecule has 2 aromatic carbocycles. The fraction of sp³-hybridized carbons (Fsp3) is 0.464. The number of ether oxygens (including phenoxy) is 3. The average molecular weight is 507 g/mol. The van der Waals surface area contributed by atoms with E-state index in [0.29, 0.717) is 24.7 Å². The van der Waals surface area contributed by atoms with Crippen LogP contribution in [-0.2, 0) is 11.3 Å². The van der Waals surface area contributed by atoms with E-state index < -0.39 is 0 Å². The highest BCUT2D eigenvalue weighted by atomic mass is 16.5. The van der Waals surface area contributed by atoms with Crippen molar-refractivity contribution in [2.24, 2.45) is 5.92 Å². The van der Waals surface area contributed by atoms with Crippen LogP contribution in [0, 0.1) is 5.92 Å². The zero-order valence-corrected chi connectivity index (χ0v) is 21.8. The number of amides is 1. The number of rotatable bonds is 7. The lowest BCUT2D eigenvalue weighted by atomic mass is 9.88. The molecule has 37 heavy (non-hydrogen) atoms. The lowest BCUT2D eigenvalue weighted by Crippen LogP contribution is -2.45. The Labute approximate surface area is 217 Å². The van der Waals surface area contributed by atoms with Crippen LogP contribution in [0.1, 0.15) is 50.6 Å². The van der Waals surface area contributed by atoms with Crippen LogP contribution in [-0.4, -0.2) is 53.9 Å². The normalized spacial score (nSPS) is 19.5. The molecule has 1 amide bonds. The van der Waals surface area contributed by atoms with Gasteiger partial charge in [0.25, 0.3) is 0 Å². The molecular formula is C28H34N4O5. The van der Waals surface area contributed by atoms with Gasteiger partial charge in [0, 0.05) is 23.5 Å². The maximum Gasteiger partial charge on any atom is 0.241 e. The zero-order chi connectivity index (χ0) is 26.0. The number of aromatic nitrogens is 2. The highest BCUT2D eigenvalue weighted by molar-refractivity contribution is 5.79. The molecule has 2 aliphatic heterocycles. The molecule has 0 aliphatic carbocycles. The third-order valence-corrected chi connectivity index (χ3v) is 7.12. The molecule has 3 aromatic rings. The summed E-state index contributed by atoms with van der Waals surface area (Å²) in [5, 5.41) is 7.42. The van der Waals surface area contributed by atoms with E-state index in [2.05, 4.69) is 34.2 Å². The number of benzene rings is 2. The number of piperidine rings is 1. The van der Waals surface area contributed by atoms with Gasteiger partial charge < -0.3 is 24.1 Å². The summed E-state index contributed by atoms with van der Waals surface area (Å²) in [5.41, 5.74) is 1.48. The monoisotopic (exact) mass is 506 g/mol. The summed E-state index contributed by atoms with van der Waals surface area (Å²) in [7, 11) is 3.28. The van der Waals surface area contributed by atoms with E-state index in [-0.39, 0.29) is 23.5 Å². The topological polar surface area (TPSA) is 99.0 Å². The SMILES string of the molecule is COc1ccc(-c2noc(CN3CCC(C(=O)NC4CC(C)(C)Oc5ccc(OC)cc54)CC3)n2)cc1. The van der Waals surface area contributed by atoms with Crippen molar-refractivity contribution in [3.05, 3.63) is 53.9 Å². The lowest BCUT2D eigenvalue weighted by Gasteiger charge is -2.39. The first-order valence-electron chi connectivity index (χ1n) is 12.7. The number of methoxy groups -OCH3 is 2. The van der Waals surface area contributed by atoms with Crippen molar-refractivity contribution in [1.29, 1.82) is 0 Å². The predicted octanol–water partition coefficient (Wildman–Crippen LogP) is 4.38. The molecule has 0 bridgehead atoms. The second kappa shape index (κ2) is 10.4. The highest BCUT2D eigenvalue weighted by Crippen LogP contribution is 2.41. The van der Waals surface area contributed by atoms with Crippen molar-refractivity contribution in [2.45, 2.75) is 51.3 Å². The van der Waals surface area contributed by atoms with Crippen LogP contribution < -0.4 is 19.5 Å².